The van der Waals surface area contributed by atoms with Crippen LogP contribution in [0.2, 0.25) is 0 Å². The molecule has 0 spiro atoms. The fourth-order valence-electron chi connectivity index (χ4n) is 3.70. The van der Waals surface area contributed by atoms with Crippen LogP contribution in [-0.2, 0) is 14.1 Å². The third-order valence-corrected chi connectivity index (χ3v) is 8.42. The van der Waals surface area contributed by atoms with Crippen molar-refractivity contribution in [2.45, 2.75) is 22.8 Å². The average Bonchev–Trinajstić information content (AvgIpc) is 3.53. The van der Waals surface area contributed by atoms with Gasteiger partial charge < -0.3 is 29.8 Å². The highest BCUT2D eigenvalue weighted by Gasteiger charge is 2.29. The maximum atomic E-state index is 14.0. The summed E-state index contributed by atoms with van der Waals surface area (Å²) >= 11 is 1.34. The molecule has 44 heavy (non-hydrogen) atoms. The van der Waals surface area contributed by atoms with Gasteiger partial charge in [-0.2, -0.15) is 0 Å². The van der Waals surface area contributed by atoms with Gasteiger partial charge in [0.15, 0.2) is 5.88 Å². The van der Waals surface area contributed by atoms with Crippen LogP contribution >= 0.6 is 19.4 Å². The van der Waals surface area contributed by atoms with Crippen molar-refractivity contribution in [1.82, 2.24) is 20.4 Å². The summed E-state index contributed by atoms with van der Waals surface area (Å²) in [5.74, 6) is 0.00328. The summed E-state index contributed by atoms with van der Waals surface area (Å²) in [5.41, 5.74) is 2.05. The first-order valence-electron chi connectivity index (χ1n) is 13.4. The number of aromatic amines is 1. The van der Waals surface area contributed by atoms with Gasteiger partial charge in [-0.15, -0.1) is 0 Å². The van der Waals surface area contributed by atoms with Gasteiger partial charge in [-0.05, 0) is 67.6 Å². The highest BCUT2D eigenvalue weighted by Crippen LogP contribution is 2.45. The molecule has 2 aromatic carbocycles. The predicted molar refractivity (Wildman–Crippen MR) is 175 cm³/mol. The second-order valence-corrected chi connectivity index (χ2v) is 12.0. The number of aldehydes is 1. The third-order valence-electron chi connectivity index (χ3n) is 5.62. The standard InChI is InChI=1S/C29H29N6O4PS.C2H6O/c1-20(19-36)34-40(38,39-28-11-7-17-33-28)35-26-18-22(41-27-10-4-3-9-24(27)29(37)31-2)13-14-23(26)25(30)15-12-21-8-5-6-16-32-21;1-3-2/h3-20,30,33H,1-2H3,(H,31,37)(H2,34,35,38);1-2H3/b15-12+,30-25?;. The Labute approximate surface area is 260 Å². The maximum absolute atomic E-state index is 14.0. The number of hydrogen-bond acceptors (Lipinski definition) is 8. The van der Waals surface area contributed by atoms with E-state index in [9.17, 15) is 14.2 Å². The zero-order chi connectivity index (χ0) is 32.0. The molecule has 0 aliphatic heterocycles. The van der Waals surface area contributed by atoms with Crippen molar-refractivity contribution in [1.29, 1.82) is 5.41 Å². The van der Waals surface area contributed by atoms with Crippen molar-refractivity contribution in [2.24, 2.45) is 0 Å². The Morgan fingerprint density at radius 3 is 2.48 bits per heavy atom. The van der Waals surface area contributed by atoms with E-state index >= 15 is 0 Å². The molecule has 0 bridgehead atoms. The highest BCUT2D eigenvalue weighted by molar-refractivity contribution is 7.99. The number of H-pyrrole nitrogens is 1. The fraction of sp³-hybridized carbons (Fsp3) is 0.161. The van der Waals surface area contributed by atoms with Crippen LogP contribution in [0.15, 0.2) is 101 Å². The molecule has 0 fully saturated rings. The van der Waals surface area contributed by atoms with E-state index < -0.39 is 13.7 Å². The zero-order valence-electron chi connectivity index (χ0n) is 24.7. The molecule has 2 aromatic heterocycles. The number of allylic oxidation sites excluding steroid dienone is 1. The summed E-state index contributed by atoms with van der Waals surface area (Å²) in [7, 11) is 0.872. The zero-order valence-corrected chi connectivity index (χ0v) is 26.4. The Bertz CT molecular complexity index is 1620. The number of methoxy groups -OCH3 is 1. The number of aromatic nitrogens is 2. The molecular weight excluding hydrogens is 599 g/mol. The number of nitrogens with zero attached hydrogens (tertiary/aromatic N) is 1. The number of ether oxygens (including phenoxy) is 1. The van der Waals surface area contributed by atoms with E-state index in [1.807, 2.05) is 30.3 Å². The quantitative estimate of drug-likeness (QED) is 0.0672. The first-order chi connectivity index (χ1) is 21.2. The maximum Gasteiger partial charge on any atom is 0.419 e. The van der Waals surface area contributed by atoms with Crippen LogP contribution in [0, 0.1) is 5.41 Å². The van der Waals surface area contributed by atoms with E-state index in [0.29, 0.717) is 38.6 Å². The molecule has 0 aliphatic carbocycles. The van der Waals surface area contributed by atoms with Crippen LogP contribution < -0.4 is 20.0 Å². The van der Waals surface area contributed by atoms with Gasteiger partial charge in [0.05, 0.1) is 28.7 Å². The monoisotopic (exact) mass is 634 g/mol. The van der Waals surface area contributed by atoms with Crippen molar-refractivity contribution in [3.8, 4) is 5.88 Å². The first kappa shape index (κ1) is 34.0. The summed E-state index contributed by atoms with van der Waals surface area (Å²) in [6, 6.07) is 20.4. The van der Waals surface area contributed by atoms with Gasteiger partial charge in [-0.3, -0.25) is 14.9 Å². The van der Waals surface area contributed by atoms with Crippen molar-refractivity contribution in [2.75, 3.05) is 26.4 Å². The minimum Gasteiger partial charge on any atom is -0.402 e. The topological polar surface area (TPSA) is 158 Å². The summed E-state index contributed by atoms with van der Waals surface area (Å²) < 4.78 is 24.1. The number of hydrogen-bond donors (Lipinski definition) is 5. The predicted octanol–water partition coefficient (Wildman–Crippen LogP) is 6.04. The number of benzene rings is 2. The Kier molecular flexibility index (Phi) is 13.1. The van der Waals surface area contributed by atoms with Gasteiger partial charge in [0.1, 0.15) is 6.29 Å². The summed E-state index contributed by atoms with van der Waals surface area (Å²) in [4.78, 5) is 32.4. The molecule has 11 nitrogen and oxygen atoms in total. The van der Waals surface area contributed by atoms with Gasteiger partial charge in [0, 0.05) is 55.1 Å². The van der Waals surface area contributed by atoms with Gasteiger partial charge >= 0.3 is 7.67 Å². The molecule has 0 aliphatic rings. The van der Waals surface area contributed by atoms with Gasteiger partial charge in [0.2, 0.25) is 0 Å². The van der Waals surface area contributed by atoms with Crippen molar-refractivity contribution in [3.05, 3.63) is 108 Å². The van der Waals surface area contributed by atoms with E-state index in [1.165, 1.54) is 11.8 Å². The van der Waals surface area contributed by atoms with Crippen LogP contribution in [-0.4, -0.2) is 55.2 Å². The Hall–Kier alpha value is -4.48. The minimum atomic E-state index is -3.95. The molecule has 2 atom stereocenters. The van der Waals surface area contributed by atoms with Gasteiger partial charge in [-0.25, -0.2) is 9.65 Å². The summed E-state index contributed by atoms with van der Waals surface area (Å²) in [6.07, 6.45) is 7.19. The summed E-state index contributed by atoms with van der Waals surface area (Å²) in [6.45, 7) is 1.56. The van der Waals surface area contributed by atoms with Crippen molar-refractivity contribution in [3.63, 3.8) is 0 Å². The van der Waals surface area contributed by atoms with Crippen LogP contribution in [0.5, 0.6) is 5.88 Å². The Morgan fingerprint density at radius 2 is 1.82 bits per heavy atom. The lowest BCUT2D eigenvalue weighted by molar-refractivity contribution is -0.108. The number of amides is 1. The van der Waals surface area contributed by atoms with Crippen molar-refractivity contribution >= 4 is 49.1 Å². The second-order valence-electron chi connectivity index (χ2n) is 9.14. The number of carbonyl (C=O) groups excluding carboxylic acids is 2. The molecule has 2 unspecified atom stereocenters. The number of nitrogens with one attached hydrogen (secondary N) is 5. The van der Waals surface area contributed by atoms with E-state index in [4.69, 9.17) is 9.93 Å². The SMILES string of the molecule is CNC(=O)c1ccccc1Sc1ccc(C(=N)/C=C/c2ccccn2)c(NP(=O)(NC(C)C=O)Oc2ccc[nH]2)c1.COC. The molecule has 5 N–H and O–H groups in total. The number of carbonyl (C=O) groups is 2. The number of pyridine rings is 1. The van der Waals surface area contributed by atoms with Crippen molar-refractivity contribution < 1.29 is 23.4 Å². The number of anilines is 1. The molecule has 0 saturated carbocycles. The van der Waals surface area contributed by atoms with E-state index in [1.54, 1.807) is 95.2 Å². The van der Waals surface area contributed by atoms with E-state index in [-0.39, 0.29) is 17.5 Å². The largest absolute Gasteiger partial charge is 0.419 e. The third kappa shape index (κ3) is 10.1. The lowest BCUT2D eigenvalue weighted by atomic mass is 10.1. The molecule has 1 amide bonds. The van der Waals surface area contributed by atoms with E-state index in [0.717, 1.165) is 0 Å². The van der Waals surface area contributed by atoms with Crippen LogP contribution in [0.4, 0.5) is 5.69 Å². The molecule has 4 aromatic rings. The van der Waals surface area contributed by atoms with Crippen LogP contribution in [0.3, 0.4) is 0 Å². The molecule has 230 valence electrons. The molecular formula is C31H35N6O5PS. The van der Waals surface area contributed by atoms with Gasteiger partial charge in [-0.1, -0.05) is 30.0 Å². The molecule has 0 saturated heterocycles. The average molecular weight is 635 g/mol. The second kappa shape index (κ2) is 17.0. The number of rotatable bonds is 13. The molecule has 2 heterocycles. The molecule has 13 heteroatoms. The van der Waals surface area contributed by atoms with Crippen LogP contribution in [0.1, 0.15) is 28.5 Å². The fourth-order valence-corrected chi connectivity index (χ4v) is 6.34. The Morgan fingerprint density at radius 1 is 1.07 bits per heavy atom. The first-order valence-corrected chi connectivity index (χ1v) is 15.8. The lowest BCUT2D eigenvalue weighted by Gasteiger charge is -2.24. The lowest BCUT2D eigenvalue weighted by Crippen LogP contribution is -2.30. The highest BCUT2D eigenvalue weighted by atomic mass is 32.2. The van der Waals surface area contributed by atoms with Crippen LogP contribution in [0.25, 0.3) is 6.08 Å². The molecule has 0 radical (unpaired) electrons. The van der Waals surface area contributed by atoms with Gasteiger partial charge in [0.25, 0.3) is 5.91 Å². The molecule has 4 rings (SSSR count). The summed E-state index contributed by atoms with van der Waals surface area (Å²) in [5, 5.41) is 17.1. The normalized spacial score (nSPS) is 12.7. The smallest absolute Gasteiger partial charge is 0.402 e. The minimum absolute atomic E-state index is 0.121. The van der Waals surface area contributed by atoms with E-state index in [2.05, 4.69) is 30.2 Å². The Balaban J connectivity index is 0.00000169.